The van der Waals surface area contributed by atoms with Crippen molar-refractivity contribution in [3.05, 3.63) is 108 Å². The smallest absolute Gasteiger partial charge is 0.146 e. The number of hydrogen-bond donors (Lipinski definition) is 2. The minimum Gasteiger partial charge on any atom is -0.487 e. The molecular formula is C22H23N3O. The van der Waals surface area contributed by atoms with E-state index in [0.717, 1.165) is 30.0 Å². The lowest BCUT2D eigenvalue weighted by Gasteiger charge is -2.26. The third-order valence-corrected chi connectivity index (χ3v) is 4.52. The van der Waals surface area contributed by atoms with Gasteiger partial charge in [-0.1, -0.05) is 60.7 Å². The molecule has 0 radical (unpaired) electrons. The van der Waals surface area contributed by atoms with Gasteiger partial charge in [0.2, 0.25) is 0 Å². The zero-order valence-corrected chi connectivity index (χ0v) is 14.6. The van der Waals surface area contributed by atoms with E-state index in [1.54, 1.807) is 0 Å². The number of benzene rings is 2. The maximum atomic E-state index is 6.07. The summed E-state index contributed by atoms with van der Waals surface area (Å²) < 4.78 is 6.07. The monoisotopic (exact) mass is 345 g/mol. The van der Waals surface area contributed by atoms with E-state index < -0.39 is 0 Å². The molecule has 2 aromatic carbocycles. The summed E-state index contributed by atoms with van der Waals surface area (Å²) in [4.78, 5) is 0. The molecule has 132 valence electrons. The fourth-order valence-electron chi connectivity index (χ4n) is 3.13. The Labute approximate surface area is 154 Å². The molecular weight excluding hydrogens is 322 g/mol. The van der Waals surface area contributed by atoms with Gasteiger partial charge in [0.1, 0.15) is 18.1 Å². The normalized spacial score (nSPS) is 18.9. The van der Waals surface area contributed by atoms with Gasteiger partial charge >= 0.3 is 0 Å². The largest absolute Gasteiger partial charge is 0.487 e. The first-order chi connectivity index (χ1) is 12.9. The van der Waals surface area contributed by atoms with E-state index in [-0.39, 0.29) is 0 Å². The fourth-order valence-corrected chi connectivity index (χ4v) is 3.13. The molecule has 0 saturated carbocycles. The van der Waals surface area contributed by atoms with Crippen LogP contribution >= 0.6 is 0 Å². The molecule has 0 aromatic heterocycles. The molecule has 26 heavy (non-hydrogen) atoms. The molecule has 4 rings (SSSR count). The highest BCUT2D eigenvalue weighted by Gasteiger charge is 2.21. The van der Waals surface area contributed by atoms with Crippen LogP contribution in [0.25, 0.3) is 0 Å². The van der Waals surface area contributed by atoms with E-state index in [0.29, 0.717) is 12.6 Å². The van der Waals surface area contributed by atoms with Crippen LogP contribution in [0.5, 0.6) is 0 Å². The average Bonchev–Trinajstić information content (AvgIpc) is 2.91. The van der Waals surface area contributed by atoms with E-state index in [9.17, 15) is 0 Å². The Balaban J connectivity index is 1.43. The van der Waals surface area contributed by atoms with E-state index >= 15 is 0 Å². The van der Waals surface area contributed by atoms with Gasteiger partial charge in [0.25, 0.3) is 0 Å². The number of hydrogen-bond acceptors (Lipinski definition) is 4. The SMILES string of the molecule is C1=CN2NC[C@@H](Cc3ccccc3)NC=C2C(OCc2ccccc2)=C1. The molecule has 0 unspecified atom stereocenters. The van der Waals surface area contributed by atoms with Crippen molar-refractivity contribution in [1.29, 1.82) is 0 Å². The van der Waals surface area contributed by atoms with Gasteiger partial charge in [-0.2, -0.15) is 0 Å². The highest BCUT2D eigenvalue weighted by Crippen LogP contribution is 2.22. The first-order valence-corrected chi connectivity index (χ1v) is 8.97. The zero-order valence-electron chi connectivity index (χ0n) is 14.6. The van der Waals surface area contributed by atoms with Gasteiger partial charge in [-0.05, 0) is 29.7 Å². The first kappa shape index (κ1) is 16.5. The Morgan fingerprint density at radius 2 is 1.69 bits per heavy atom. The van der Waals surface area contributed by atoms with Crippen molar-refractivity contribution in [1.82, 2.24) is 15.8 Å². The Morgan fingerprint density at radius 1 is 0.962 bits per heavy atom. The molecule has 4 heteroatoms. The van der Waals surface area contributed by atoms with Gasteiger partial charge in [0.05, 0.1) is 0 Å². The first-order valence-electron chi connectivity index (χ1n) is 8.97. The van der Waals surface area contributed by atoms with Gasteiger partial charge in [-0.15, -0.1) is 0 Å². The van der Waals surface area contributed by atoms with Crippen molar-refractivity contribution in [3.63, 3.8) is 0 Å². The van der Waals surface area contributed by atoms with Crippen molar-refractivity contribution in [2.75, 3.05) is 6.54 Å². The Morgan fingerprint density at radius 3 is 2.46 bits per heavy atom. The highest BCUT2D eigenvalue weighted by molar-refractivity contribution is 5.34. The van der Waals surface area contributed by atoms with Gasteiger partial charge in [-0.3, -0.25) is 5.01 Å². The predicted octanol–water partition coefficient (Wildman–Crippen LogP) is 3.48. The third-order valence-electron chi connectivity index (χ3n) is 4.52. The van der Waals surface area contributed by atoms with Crippen LogP contribution in [0.1, 0.15) is 11.1 Å². The van der Waals surface area contributed by atoms with Crippen molar-refractivity contribution in [2.24, 2.45) is 0 Å². The molecule has 1 atom stereocenters. The molecule has 2 heterocycles. The fraction of sp³-hybridized carbons (Fsp3) is 0.182. The Hall–Kier alpha value is -2.98. The summed E-state index contributed by atoms with van der Waals surface area (Å²) in [6.07, 6.45) is 9.05. The Kier molecular flexibility index (Phi) is 5.03. The molecule has 0 aliphatic carbocycles. The van der Waals surface area contributed by atoms with Gasteiger partial charge in [0, 0.05) is 25.0 Å². The molecule has 2 N–H and O–H groups in total. The Bertz CT molecular complexity index is 812. The lowest BCUT2D eigenvalue weighted by Crippen LogP contribution is -2.40. The maximum Gasteiger partial charge on any atom is 0.146 e. The summed E-state index contributed by atoms with van der Waals surface area (Å²) in [5, 5.41) is 5.56. The molecule has 0 spiro atoms. The summed E-state index contributed by atoms with van der Waals surface area (Å²) in [5.74, 6) is 0.858. The second-order valence-corrected chi connectivity index (χ2v) is 6.46. The molecule has 2 aromatic rings. The highest BCUT2D eigenvalue weighted by atomic mass is 16.5. The van der Waals surface area contributed by atoms with Crippen molar-refractivity contribution in [2.45, 2.75) is 19.1 Å². The van der Waals surface area contributed by atoms with Crippen LogP contribution in [0.3, 0.4) is 0 Å². The van der Waals surface area contributed by atoms with Crippen LogP contribution in [0.4, 0.5) is 0 Å². The summed E-state index contributed by atoms with van der Waals surface area (Å²) in [5.41, 5.74) is 6.97. The molecule has 0 bridgehead atoms. The van der Waals surface area contributed by atoms with Crippen LogP contribution < -0.4 is 10.7 Å². The number of ether oxygens (including phenoxy) is 1. The lowest BCUT2D eigenvalue weighted by atomic mass is 10.1. The molecule has 2 aliphatic heterocycles. The predicted molar refractivity (Wildman–Crippen MR) is 103 cm³/mol. The lowest BCUT2D eigenvalue weighted by molar-refractivity contribution is 0.183. The van der Waals surface area contributed by atoms with Crippen LogP contribution in [0, 0.1) is 0 Å². The van der Waals surface area contributed by atoms with E-state index in [4.69, 9.17) is 4.74 Å². The van der Waals surface area contributed by atoms with E-state index in [2.05, 4.69) is 53.2 Å². The third kappa shape index (κ3) is 3.98. The number of hydrazine groups is 1. The second kappa shape index (κ2) is 7.93. The maximum absolute atomic E-state index is 6.07. The summed E-state index contributed by atoms with van der Waals surface area (Å²) >= 11 is 0. The van der Waals surface area contributed by atoms with E-state index in [1.807, 2.05) is 47.8 Å². The minimum atomic E-state index is 0.319. The molecule has 2 aliphatic rings. The number of fused-ring (bicyclic) bond motifs is 1. The quantitative estimate of drug-likeness (QED) is 0.870. The van der Waals surface area contributed by atoms with Crippen molar-refractivity contribution >= 4 is 0 Å². The second-order valence-electron chi connectivity index (χ2n) is 6.46. The number of nitrogens with one attached hydrogen (secondary N) is 2. The standard InChI is InChI=1S/C22H23N3O/c1-3-8-18(9-4-1)14-20-15-24-25-13-7-12-22(21(25)16-23-20)26-17-19-10-5-2-6-11-19/h1-13,16,20,23-24H,14-15,17H2/t20-/m1/s1. The van der Waals surface area contributed by atoms with Crippen LogP contribution in [0.15, 0.2) is 96.7 Å². The zero-order chi connectivity index (χ0) is 17.6. The summed E-state index contributed by atoms with van der Waals surface area (Å²) in [6, 6.07) is 21.1. The van der Waals surface area contributed by atoms with Crippen LogP contribution in [-0.2, 0) is 17.8 Å². The van der Waals surface area contributed by atoms with Gasteiger partial charge in [0.15, 0.2) is 0 Å². The van der Waals surface area contributed by atoms with Crippen molar-refractivity contribution < 1.29 is 4.74 Å². The summed E-state index contributed by atoms with van der Waals surface area (Å²) in [6.45, 7) is 1.39. The van der Waals surface area contributed by atoms with Crippen LogP contribution in [-0.4, -0.2) is 17.6 Å². The van der Waals surface area contributed by atoms with E-state index in [1.165, 1.54) is 5.56 Å². The van der Waals surface area contributed by atoms with Crippen molar-refractivity contribution in [3.8, 4) is 0 Å². The number of rotatable bonds is 5. The van der Waals surface area contributed by atoms with Gasteiger partial charge < -0.3 is 10.1 Å². The van der Waals surface area contributed by atoms with Gasteiger partial charge in [-0.25, -0.2) is 5.43 Å². The molecule has 0 fully saturated rings. The summed E-state index contributed by atoms with van der Waals surface area (Å²) in [7, 11) is 0. The minimum absolute atomic E-state index is 0.319. The number of allylic oxidation sites excluding steroid dienone is 2. The molecule has 4 nitrogen and oxygen atoms in total. The molecule has 0 amide bonds. The average molecular weight is 345 g/mol. The van der Waals surface area contributed by atoms with Crippen LogP contribution in [0.2, 0.25) is 0 Å². The topological polar surface area (TPSA) is 36.5 Å². The number of nitrogens with zero attached hydrogens (tertiary/aromatic N) is 1. The molecule has 0 saturated heterocycles.